The molecule has 0 atom stereocenters. The van der Waals surface area contributed by atoms with Gasteiger partial charge in [0.1, 0.15) is 12.1 Å². The van der Waals surface area contributed by atoms with Crippen LogP contribution in [-0.4, -0.2) is 41.3 Å². The monoisotopic (exact) mass is 539 g/mol. The second-order valence-electron chi connectivity index (χ2n) is 9.13. The third-order valence-corrected chi connectivity index (χ3v) is 6.15. The summed E-state index contributed by atoms with van der Waals surface area (Å²) in [6, 6.07) is 7.61. The van der Waals surface area contributed by atoms with E-state index in [-0.39, 0.29) is 17.2 Å². The Kier molecular flexibility index (Phi) is 13.6. The van der Waals surface area contributed by atoms with Crippen molar-refractivity contribution in [2.45, 2.75) is 72.5 Å². The molecular weight excluding hydrogens is 503 g/mol. The van der Waals surface area contributed by atoms with E-state index in [1.165, 1.54) is 13.0 Å². The van der Waals surface area contributed by atoms with Crippen LogP contribution in [0.15, 0.2) is 24.3 Å². The van der Waals surface area contributed by atoms with Gasteiger partial charge in [0, 0.05) is 12.1 Å². The zero-order valence-electron chi connectivity index (χ0n) is 22.3. The highest BCUT2D eigenvalue weighted by molar-refractivity contribution is 6.28. The van der Waals surface area contributed by atoms with Crippen molar-refractivity contribution in [1.82, 2.24) is 14.9 Å². The number of nitrogens with one attached hydrogen (secondary N) is 1. The van der Waals surface area contributed by atoms with Crippen molar-refractivity contribution in [3.8, 4) is 6.07 Å². The number of carbonyl (C=O) groups excluding carboxylic acids is 1. The number of aryl methyl sites for hydroxylation is 1. The van der Waals surface area contributed by atoms with Gasteiger partial charge in [-0.25, -0.2) is 9.97 Å². The molecule has 0 amide bonds. The average Bonchev–Trinajstić information content (AvgIpc) is 2.85. The highest BCUT2D eigenvalue weighted by Gasteiger charge is 2.30. The summed E-state index contributed by atoms with van der Waals surface area (Å²) in [5, 5.41) is 12.0. The van der Waals surface area contributed by atoms with E-state index in [1.54, 1.807) is 6.07 Å². The van der Waals surface area contributed by atoms with Crippen LogP contribution in [0.5, 0.6) is 0 Å². The maximum Gasteiger partial charge on any atom is 0.416 e. The number of likely N-dealkylation sites (tertiary alicyclic amines) is 1. The maximum absolute atomic E-state index is 12.8. The van der Waals surface area contributed by atoms with E-state index < -0.39 is 11.7 Å². The topological polar surface area (TPSA) is 81.9 Å². The Bertz CT molecular complexity index is 1030. The van der Waals surface area contributed by atoms with Crippen LogP contribution >= 0.6 is 11.6 Å². The van der Waals surface area contributed by atoms with Crippen LogP contribution < -0.4 is 5.32 Å². The molecule has 0 saturated carbocycles. The summed E-state index contributed by atoms with van der Waals surface area (Å²) >= 11 is 5.97. The molecule has 0 aliphatic carbocycles. The zero-order valence-corrected chi connectivity index (χ0v) is 23.0. The fourth-order valence-corrected chi connectivity index (χ4v) is 3.92. The van der Waals surface area contributed by atoms with Gasteiger partial charge in [-0.1, -0.05) is 32.4 Å². The van der Waals surface area contributed by atoms with Gasteiger partial charge in [0.05, 0.1) is 22.7 Å². The minimum atomic E-state index is -4.35. The first-order valence-corrected chi connectivity index (χ1v) is 12.8. The molecule has 2 heterocycles. The van der Waals surface area contributed by atoms with Gasteiger partial charge in [0.2, 0.25) is 5.28 Å². The first-order chi connectivity index (χ1) is 17.4. The summed E-state index contributed by atoms with van der Waals surface area (Å²) in [6.45, 7) is 9.91. The van der Waals surface area contributed by atoms with Crippen LogP contribution in [0, 0.1) is 16.7 Å². The third kappa shape index (κ3) is 11.1. The molecule has 1 aromatic heterocycles. The molecule has 0 bridgehead atoms. The highest BCUT2D eigenvalue weighted by atomic mass is 35.5. The smallest absolute Gasteiger partial charge is 0.366 e. The van der Waals surface area contributed by atoms with Gasteiger partial charge in [0.25, 0.3) is 0 Å². The van der Waals surface area contributed by atoms with Gasteiger partial charge in [0.15, 0.2) is 0 Å². The number of aromatic nitrogens is 2. The van der Waals surface area contributed by atoms with Crippen molar-refractivity contribution in [2.24, 2.45) is 5.41 Å². The standard InChI is InChI=1S/C17H19ClF3N3.C8H14N2.C2H4O/c1-3-6-14-13(4-2)15(24-16(18)23-14)22-10-11-7-5-8-12(9-11)17(19,20)21;1-8(7-9)3-5-10(2)6-4-8;1-2-3/h5,7-9H,3-4,6,10H2,1-2H3,(H,22,23,24);3-6H2,1-2H3;2H,1H3. The van der Waals surface area contributed by atoms with Gasteiger partial charge < -0.3 is 15.0 Å². The van der Waals surface area contributed by atoms with Crippen molar-refractivity contribution in [3.63, 3.8) is 0 Å². The molecule has 1 fully saturated rings. The van der Waals surface area contributed by atoms with E-state index in [0.717, 1.165) is 74.9 Å². The molecule has 0 spiro atoms. The first kappa shape index (κ1) is 32.3. The number of rotatable bonds is 6. The quantitative estimate of drug-likeness (QED) is 0.324. The summed E-state index contributed by atoms with van der Waals surface area (Å²) in [5.74, 6) is 0.582. The Morgan fingerprint density at radius 1 is 1.24 bits per heavy atom. The molecule has 1 aromatic carbocycles. The molecule has 37 heavy (non-hydrogen) atoms. The Hall–Kier alpha value is -2.70. The second kappa shape index (κ2) is 15.5. The van der Waals surface area contributed by atoms with Crippen LogP contribution in [0.2, 0.25) is 5.28 Å². The molecule has 6 nitrogen and oxygen atoms in total. The van der Waals surface area contributed by atoms with Crippen LogP contribution in [0.1, 0.15) is 69.3 Å². The predicted molar refractivity (Wildman–Crippen MR) is 141 cm³/mol. The van der Waals surface area contributed by atoms with Gasteiger partial charge in [-0.2, -0.15) is 18.4 Å². The molecule has 10 heteroatoms. The van der Waals surface area contributed by atoms with Gasteiger partial charge in [-0.3, -0.25) is 0 Å². The van der Waals surface area contributed by atoms with E-state index in [2.05, 4.69) is 40.2 Å². The molecule has 1 aliphatic heterocycles. The van der Waals surface area contributed by atoms with Crippen molar-refractivity contribution >= 4 is 23.7 Å². The maximum atomic E-state index is 12.8. The van der Waals surface area contributed by atoms with Crippen molar-refractivity contribution in [3.05, 3.63) is 51.9 Å². The third-order valence-electron chi connectivity index (χ3n) is 5.98. The molecular formula is C27H37ClF3N5O. The fourth-order valence-electron chi connectivity index (χ4n) is 3.73. The minimum Gasteiger partial charge on any atom is -0.366 e. The summed E-state index contributed by atoms with van der Waals surface area (Å²) in [5.41, 5.74) is 1.66. The lowest BCUT2D eigenvalue weighted by atomic mass is 9.82. The Labute approximate surface area is 223 Å². The molecule has 0 radical (unpaired) electrons. The fraction of sp³-hybridized carbons (Fsp3) is 0.556. The molecule has 2 aromatic rings. The first-order valence-electron chi connectivity index (χ1n) is 12.4. The molecule has 1 N–H and O–H groups in total. The summed E-state index contributed by atoms with van der Waals surface area (Å²) in [4.78, 5) is 19.5. The molecule has 3 rings (SSSR count). The molecule has 1 aliphatic rings. The second-order valence-corrected chi connectivity index (χ2v) is 9.47. The van der Waals surface area contributed by atoms with E-state index >= 15 is 0 Å². The number of aldehydes is 1. The van der Waals surface area contributed by atoms with Crippen LogP contribution in [0.3, 0.4) is 0 Å². The van der Waals surface area contributed by atoms with Crippen LogP contribution in [-0.2, 0) is 30.4 Å². The molecule has 0 unspecified atom stereocenters. The number of anilines is 1. The number of hydrogen-bond donors (Lipinski definition) is 1. The summed E-state index contributed by atoms with van der Waals surface area (Å²) in [7, 11) is 2.11. The van der Waals surface area contributed by atoms with Gasteiger partial charge >= 0.3 is 6.18 Å². The summed E-state index contributed by atoms with van der Waals surface area (Å²) < 4.78 is 38.3. The number of halogens is 4. The Morgan fingerprint density at radius 3 is 2.38 bits per heavy atom. The number of carbonyl (C=O) groups is 1. The van der Waals surface area contributed by atoms with Crippen molar-refractivity contribution in [2.75, 3.05) is 25.5 Å². The van der Waals surface area contributed by atoms with Gasteiger partial charge in [-0.05, 0) is 89.0 Å². The van der Waals surface area contributed by atoms with E-state index in [9.17, 15) is 13.2 Å². The number of hydrogen-bond acceptors (Lipinski definition) is 6. The SMILES string of the molecule is CC=O.CCCc1nc(Cl)nc(NCc2cccc(C(F)(F)F)c2)c1CC.CN1CCC(C)(C#N)CC1. The highest BCUT2D eigenvalue weighted by Crippen LogP contribution is 2.30. The number of piperidine rings is 1. The van der Waals surface area contributed by atoms with E-state index in [4.69, 9.17) is 21.7 Å². The lowest BCUT2D eigenvalue weighted by molar-refractivity contribution is -0.137. The van der Waals surface area contributed by atoms with Crippen LogP contribution in [0.25, 0.3) is 0 Å². The minimum absolute atomic E-state index is 0.0352. The normalized spacial score (nSPS) is 14.8. The van der Waals surface area contributed by atoms with Crippen molar-refractivity contribution in [1.29, 1.82) is 5.26 Å². The Morgan fingerprint density at radius 2 is 1.86 bits per heavy atom. The predicted octanol–water partition coefficient (Wildman–Crippen LogP) is 6.72. The van der Waals surface area contributed by atoms with E-state index in [0.29, 0.717) is 11.4 Å². The zero-order chi connectivity index (χ0) is 28.1. The van der Waals surface area contributed by atoms with Crippen molar-refractivity contribution < 1.29 is 18.0 Å². The van der Waals surface area contributed by atoms with Gasteiger partial charge in [-0.15, -0.1) is 0 Å². The number of nitriles is 1. The Balaban J connectivity index is 0.000000435. The average molecular weight is 540 g/mol. The number of alkyl halides is 3. The largest absolute Gasteiger partial charge is 0.416 e. The lowest BCUT2D eigenvalue weighted by Crippen LogP contribution is -2.35. The lowest BCUT2D eigenvalue weighted by Gasteiger charge is -2.32. The number of benzene rings is 1. The van der Waals surface area contributed by atoms with E-state index in [1.807, 2.05) is 13.8 Å². The summed E-state index contributed by atoms with van der Waals surface area (Å²) in [6.07, 6.45) is 0.881. The molecule has 204 valence electrons. The molecule has 1 saturated heterocycles. The number of nitrogens with zero attached hydrogens (tertiary/aromatic N) is 4. The van der Waals surface area contributed by atoms with Crippen LogP contribution in [0.4, 0.5) is 19.0 Å².